The third-order valence-electron chi connectivity index (χ3n) is 3.03. The Kier molecular flexibility index (Phi) is 3.26. The molecule has 3 nitrogen and oxygen atoms in total. The Bertz CT molecular complexity index is 334. The summed E-state index contributed by atoms with van der Waals surface area (Å²) >= 11 is 3.46. The summed E-state index contributed by atoms with van der Waals surface area (Å²) in [6.07, 6.45) is 5.33. The molecule has 82 valence electrons. The second-order valence-electron chi connectivity index (χ2n) is 3.93. The molecule has 4 heteroatoms. The SMILES string of the molecule is COC1(CNc2ncccc2Br)CCC1. The summed E-state index contributed by atoms with van der Waals surface area (Å²) in [5.74, 6) is 0.890. The van der Waals surface area contributed by atoms with Crippen molar-refractivity contribution in [2.75, 3.05) is 19.0 Å². The molecule has 0 aromatic carbocycles. The molecule has 0 bridgehead atoms. The van der Waals surface area contributed by atoms with Gasteiger partial charge in [-0.1, -0.05) is 0 Å². The minimum absolute atomic E-state index is 0.0387. The number of nitrogens with one attached hydrogen (secondary N) is 1. The first-order valence-corrected chi connectivity index (χ1v) is 5.95. The molecule has 0 spiro atoms. The molecule has 1 fully saturated rings. The fourth-order valence-electron chi connectivity index (χ4n) is 1.78. The Morgan fingerprint density at radius 1 is 1.60 bits per heavy atom. The highest BCUT2D eigenvalue weighted by molar-refractivity contribution is 9.10. The lowest BCUT2D eigenvalue weighted by atomic mass is 9.80. The molecule has 1 N–H and O–H groups in total. The molecule has 1 aliphatic rings. The molecule has 0 aliphatic heterocycles. The number of hydrogen-bond donors (Lipinski definition) is 1. The Morgan fingerprint density at radius 2 is 2.40 bits per heavy atom. The van der Waals surface area contributed by atoms with E-state index in [-0.39, 0.29) is 5.60 Å². The number of rotatable bonds is 4. The van der Waals surface area contributed by atoms with Gasteiger partial charge in [0.1, 0.15) is 5.82 Å². The Morgan fingerprint density at radius 3 is 2.93 bits per heavy atom. The Labute approximate surface area is 98.4 Å². The summed E-state index contributed by atoms with van der Waals surface area (Å²) in [5, 5.41) is 3.32. The fourth-order valence-corrected chi connectivity index (χ4v) is 2.18. The molecule has 1 heterocycles. The zero-order valence-electron chi connectivity index (χ0n) is 8.79. The largest absolute Gasteiger partial charge is 0.376 e. The van der Waals surface area contributed by atoms with Crippen molar-refractivity contribution in [2.45, 2.75) is 24.9 Å². The number of hydrogen-bond acceptors (Lipinski definition) is 3. The molecule has 1 aromatic rings. The van der Waals surface area contributed by atoms with Crippen LogP contribution < -0.4 is 5.32 Å². The van der Waals surface area contributed by atoms with E-state index >= 15 is 0 Å². The van der Waals surface area contributed by atoms with Gasteiger partial charge in [-0.2, -0.15) is 0 Å². The first-order valence-electron chi connectivity index (χ1n) is 5.15. The van der Waals surface area contributed by atoms with E-state index in [1.165, 1.54) is 6.42 Å². The van der Waals surface area contributed by atoms with Crippen LogP contribution in [0.15, 0.2) is 22.8 Å². The van der Waals surface area contributed by atoms with Gasteiger partial charge in [0.25, 0.3) is 0 Å². The minimum atomic E-state index is 0.0387. The Balaban J connectivity index is 1.95. The molecule has 1 aromatic heterocycles. The van der Waals surface area contributed by atoms with E-state index in [9.17, 15) is 0 Å². The van der Waals surface area contributed by atoms with Gasteiger partial charge < -0.3 is 10.1 Å². The maximum Gasteiger partial charge on any atom is 0.140 e. The van der Waals surface area contributed by atoms with Gasteiger partial charge in [0, 0.05) is 19.9 Å². The van der Waals surface area contributed by atoms with Crippen molar-refractivity contribution in [3.63, 3.8) is 0 Å². The van der Waals surface area contributed by atoms with Crippen LogP contribution in [0.4, 0.5) is 5.82 Å². The molecular weight excluding hydrogens is 256 g/mol. The predicted octanol–water partition coefficient (Wildman–Crippen LogP) is 2.83. The highest BCUT2D eigenvalue weighted by atomic mass is 79.9. The minimum Gasteiger partial charge on any atom is -0.376 e. The summed E-state index contributed by atoms with van der Waals surface area (Å²) in [4.78, 5) is 4.26. The molecule has 0 atom stereocenters. The molecule has 2 rings (SSSR count). The fraction of sp³-hybridized carbons (Fsp3) is 0.545. The normalized spacial score (nSPS) is 18.3. The summed E-state index contributed by atoms with van der Waals surface area (Å²) < 4.78 is 6.53. The predicted molar refractivity (Wildman–Crippen MR) is 64.0 cm³/mol. The number of ether oxygens (including phenoxy) is 1. The van der Waals surface area contributed by atoms with Crippen molar-refractivity contribution >= 4 is 21.7 Å². The monoisotopic (exact) mass is 270 g/mol. The van der Waals surface area contributed by atoms with Crippen LogP contribution in [0.2, 0.25) is 0 Å². The highest BCUT2D eigenvalue weighted by Gasteiger charge is 2.36. The van der Waals surface area contributed by atoms with E-state index in [4.69, 9.17) is 4.74 Å². The van der Waals surface area contributed by atoms with Crippen LogP contribution in [0.3, 0.4) is 0 Å². The standard InChI is InChI=1S/C11H15BrN2O/c1-15-11(5-3-6-11)8-14-10-9(12)4-2-7-13-10/h2,4,7H,3,5-6,8H2,1H3,(H,13,14). The molecular formula is C11H15BrN2O. The van der Waals surface area contributed by atoms with E-state index in [0.717, 1.165) is 29.7 Å². The molecule has 1 aliphatic carbocycles. The van der Waals surface area contributed by atoms with Gasteiger partial charge in [-0.15, -0.1) is 0 Å². The molecule has 0 radical (unpaired) electrons. The van der Waals surface area contributed by atoms with Crippen molar-refractivity contribution in [3.8, 4) is 0 Å². The van der Waals surface area contributed by atoms with Gasteiger partial charge in [-0.3, -0.25) is 0 Å². The van der Waals surface area contributed by atoms with Gasteiger partial charge in [0.05, 0.1) is 10.1 Å². The summed E-state index contributed by atoms with van der Waals surface area (Å²) in [6, 6.07) is 3.89. The van der Waals surface area contributed by atoms with Crippen molar-refractivity contribution < 1.29 is 4.74 Å². The lowest BCUT2D eigenvalue weighted by Crippen LogP contribution is -2.45. The third-order valence-corrected chi connectivity index (χ3v) is 3.67. The van der Waals surface area contributed by atoms with Crippen molar-refractivity contribution in [3.05, 3.63) is 22.8 Å². The zero-order valence-corrected chi connectivity index (χ0v) is 10.4. The van der Waals surface area contributed by atoms with Gasteiger partial charge in [-0.05, 0) is 47.3 Å². The quantitative estimate of drug-likeness (QED) is 0.914. The maximum absolute atomic E-state index is 5.53. The number of anilines is 1. The summed E-state index contributed by atoms with van der Waals surface area (Å²) in [5.41, 5.74) is 0.0387. The van der Waals surface area contributed by atoms with Crippen LogP contribution in [0.1, 0.15) is 19.3 Å². The number of halogens is 1. The van der Waals surface area contributed by atoms with Crippen molar-refractivity contribution in [1.82, 2.24) is 4.98 Å². The van der Waals surface area contributed by atoms with Crippen LogP contribution in [0, 0.1) is 0 Å². The van der Waals surface area contributed by atoms with Crippen molar-refractivity contribution in [1.29, 1.82) is 0 Å². The van der Waals surface area contributed by atoms with E-state index in [0.29, 0.717) is 0 Å². The van der Waals surface area contributed by atoms with Gasteiger partial charge in [-0.25, -0.2) is 4.98 Å². The number of pyridine rings is 1. The average molecular weight is 271 g/mol. The first-order chi connectivity index (χ1) is 7.26. The van der Waals surface area contributed by atoms with E-state index < -0.39 is 0 Å². The van der Waals surface area contributed by atoms with Gasteiger partial charge >= 0.3 is 0 Å². The van der Waals surface area contributed by atoms with E-state index in [1.54, 1.807) is 13.3 Å². The molecule has 0 saturated heterocycles. The van der Waals surface area contributed by atoms with Crippen LogP contribution >= 0.6 is 15.9 Å². The maximum atomic E-state index is 5.53. The van der Waals surface area contributed by atoms with Crippen LogP contribution in [0.25, 0.3) is 0 Å². The molecule has 1 saturated carbocycles. The number of methoxy groups -OCH3 is 1. The van der Waals surface area contributed by atoms with Crippen LogP contribution in [0.5, 0.6) is 0 Å². The first kappa shape index (κ1) is 10.9. The average Bonchev–Trinajstić information content (AvgIpc) is 2.19. The van der Waals surface area contributed by atoms with Crippen LogP contribution in [-0.4, -0.2) is 24.2 Å². The third kappa shape index (κ3) is 2.32. The molecule has 0 unspecified atom stereocenters. The molecule has 15 heavy (non-hydrogen) atoms. The Hall–Kier alpha value is -0.610. The lowest BCUT2D eigenvalue weighted by Gasteiger charge is -2.40. The number of nitrogens with zero attached hydrogens (tertiary/aromatic N) is 1. The summed E-state index contributed by atoms with van der Waals surface area (Å²) in [6.45, 7) is 0.832. The van der Waals surface area contributed by atoms with Gasteiger partial charge in [0.15, 0.2) is 0 Å². The van der Waals surface area contributed by atoms with Gasteiger partial charge in [0.2, 0.25) is 0 Å². The number of aromatic nitrogens is 1. The van der Waals surface area contributed by atoms with E-state index in [1.807, 2.05) is 12.1 Å². The highest BCUT2D eigenvalue weighted by Crippen LogP contribution is 2.35. The van der Waals surface area contributed by atoms with Crippen LogP contribution in [-0.2, 0) is 4.74 Å². The second kappa shape index (κ2) is 4.49. The zero-order chi connectivity index (χ0) is 10.7. The summed E-state index contributed by atoms with van der Waals surface area (Å²) in [7, 11) is 1.79. The lowest BCUT2D eigenvalue weighted by molar-refractivity contribution is -0.0601. The van der Waals surface area contributed by atoms with E-state index in [2.05, 4.69) is 26.2 Å². The molecule has 0 amide bonds. The van der Waals surface area contributed by atoms with Crippen molar-refractivity contribution in [2.24, 2.45) is 0 Å². The topological polar surface area (TPSA) is 34.1 Å². The second-order valence-corrected chi connectivity index (χ2v) is 4.78. The smallest absolute Gasteiger partial charge is 0.140 e.